The van der Waals surface area contributed by atoms with E-state index < -0.39 is 5.91 Å². The molecule has 0 atom stereocenters. The van der Waals surface area contributed by atoms with Gasteiger partial charge in [-0.15, -0.1) is 0 Å². The highest BCUT2D eigenvalue weighted by molar-refractivity contribution is 6.34. The third-order valence-corrected chi connectivity index (χ3v) is 3.50. The molecular formula is C16H17ClN2O2. The van der Waals surface area contributed by atoms with Crippen molar-refractivity contribution in [2.24, 2.45) is 5.73 Å². The van der Waals surface area contributed by atoms with Crippen LogP contribution in [0.4, 0.5) is 5.69 Å². The second kappa shape index (κ2) is 6.50. The number of nitrogens with two attached hydrogens (primary N) is 1. The van der Waals surface area contributed by atoms with E-state index >= 15 is 0 Å². The van der Waals surface area contributed by atoms with Crippen LogP contribution in [0.1, 0.15) is 21.5 Å². The number of hydrogen-bond acceptors (Lipinski definition) is 3. The van der Waals surface area contributed by atoms with Crippen LogP contribution in [0.3, 0.4) is 0 Å². The van der Waals surface area contributed by atoms with Crippen LogP contribution in [0.15, 0.2) is 36.4 Å². The summed E-state index contributed by atoms with van der Waals surface area (Å²) in [5, 5.41) is 3.60. The standard InChI is InChI=1S/C16H17ClN2O2/c1-10-7-11(3-6-15(10)21-2)9-19-12-4-5-13(16(18)20)14(17)8-12/h3-8,19H,9H2,1-2H3,(H2,18,20). The van der Waals surface area contributed by atoms with Crippen molar-refractivity contribution in [1.29, 1.82) is 0 Å². The third kappa shape index (κ3) is 3.67. The predicted octanol–water partition coefficient (Wildman–Crippen LogP) is 3.37. The normalized spacial score (nSPS) is 10.2. The summed E-state index contributed by atoms with van der Waals surface area (Å²) in [7, 11) is 1.66. The minimum atomic E-state index is -0.530. The van der Waals surface area contributed by atoms with Crippen LogP contribution in [-0.4, -0.2) is 13.0 Å². The smallest absolute Gasteiger partial charge is 0.250 e. The van der Waals surface area contributed by atoms with E-state index in [0.29, 0.717) is 17.1 Å². The van der Waals surface area contributed by atoms with Gasteiger partial charge in [0.1, 0.15) is 5.75 Å². The number of benzene rings is 2. The second-order valence-electron chi connectivity index (χ2n) is 4.72. The lowest BCUT2D eigenvalue weighted by Crippen LogP contribution is -2.11. The van der Waals surface area contributed by atoms with Crippen LogP contribution in [0.2, 0.25) is 5.02 Å². The fraction of sp³-hybridized carbons (Fsp3) is 0.188. The number of rotatable bonds is 5. The fourth-order valence-corrected chi connectivity index (χ4v) is 2.35. The third-order valence-electron chi connectivity index (χ3n) is 3.19. The predicted molar refractivity (Wildman–Crippen MR) is 85.0 cm³/mol. The number of ether oxygens (including phenoxy) is 1. The van der Waals surface area contributed by atoms with Gasteiger partial charge in [0.05, 0.1) is 17.7 Å². The molecule has 0 aliphatic heterocycles. The van der Waals surface area contributed by atoms with Gasteiger partial charge in [-0.25, -0.2) is 0 Å². The van der Waals surface area contributed by atoms with E-state index in [2.05, 4.69) is 11.4 Å². The number of hydrogen-bond donors (Lipinski definition) is 2. The van der Waals surface area contributed by atoms with Gasteiger partial charge < -0.3 is 15.8 Å². The average molecular weight is 305 g/mol. The summed E-state index contributed by atoms with van der Waals surface area (Å²) in [6, 6.07) is 11.1. The Morgan fingerprint density at radius 2 is 2.05 bits per heavy atom. The number of amides is 1. The summed E-state index contributed by atoms with van der Waals surface area (Å²) < 4.78 is 5.23. The van der Waals surface area contributed by atoms with Crippen molar-refractivity contribution >= 4 is 23.2 Å². The first-order valence-electron chi connectivity index (χ1n) is 6.48. The lowest BCUT2D eigenvalue weighted by Gasteiger charge is -2.10. The lowest BCUT2D eigenvalue weighted by molar-refractivity contribution is 0.100. The second-order valence-corrected chi connectivity index (χ2v) is 5.12. The number of methoxy groups -OCH3 is 1. The van der Waals surface area contributed by atoms with E-state index in [4.69, 9.17) is 22.1 Å². The van der Waals surface area contributed by atoms with Gasteiger partial charge in [0, 0.05) is 12.2 Å². The summed E-state index contributed by atoms with van der Waals surface area (Å²) in [4.78, 5) is 11.1. The molecule has 4 nitrogen and oxygen atoms in total. The number of aryl methyl sites for hydroxylation is 1. The van der Waals surface area contributed by atoms with Gasteiger partial charge in [-0.3, -0.25) is 4.79 Å². The minimum absolute atomic E-state index is 0.322. The monoisotopic (exact) mass is 304 g/mol. The molecule has 21 heavy (non-hydrogen) atoms. The molecule has 0 fully saturated rings. The molecule has 0 saturated heterocycles. The lowest BCUT2D eigenvalue weighted by atomic mass is 10.1. The summed E-state index contributed by atoms with van der Waals surface area (Å²) in [6.07, 6.45) is 0. The van der Waals surface area contributed by atoms with Crippen LogP contribution < -0.4 is 15.8 Å². The zero-order valence-electron chi connectivity index (χ0n) is 11.9. The van der Waals surface area contributed by atoms with E-state index in [1.165, 1.54) is 0 Å². The van der Waals surface area contributed by atoms with Gasteiger partial charge in [-0.2, -0.15) is 0 Å². The van der Waals surface area contributed by atoms with Gasteiger partial charge in [-0.1, -0.05) is 23.7 Å². The van der Waals surface area contributed by atoms with Gasteiger partial charge in [0.25, 0.3) is 0 Å². The first kappa shape index (κ1) is 15.2. The van der Waals surface area contributed by atoms with Crippen molar-refractivity contribution in [2.45, 2.75) is 13.5 Å². The van der Waals surface area contributed by atoms with Crippen LogP contribution in [0.25, 0.3) is 0 Å². The van der Waals surface area contributed by atoms with Crippen LogP contribution in [0, 0.1) is 6.92 Å². The van der Waals surface area contributed by atoms with E-state index in [9.17, 15) is 4.79 Å². The number of carbonyl (C=O) groups excluding carboxylic acids is 1. The Morgan fingerprint density at radius 3 is 2.62 bits per heavy atom. The topological polar surface area (TPSA) is 64.3 Å². The molecule has 0 aliphatic carbocycles. The highest BCUT2D eigenvalue weighted by Gasteiger charge is 2.07. The molecule has 1 amide bonds. The van der Waals surface area contributed by atoms with Crippen molar-refractivity contribution in [1.82, 2.24) is 0 Å². The van der Waals surface area contributed by atoms with Crippen LogP contribution in [0.5, 0.6) is 5.75 Å². The molecule has 2 aromatic carbocycles. The molecule has 0 aromatic heterocycles. The van der Waals surface area contributed by atoms with E-state index in [0.717, 1.165) is 22.6 Å². The number of carbonyl (C=O) groups is 1. The quantitative estimate of drug-likeness (QED) is 0.890. The summed E-state index contributed by atoms with van der Waals surface area (Å²) in [5.74, 6) is 0.338. The maximum absolute atomic E-state index is 11.1. The fourth-order valence-electron chi connectivity index (χ4n) is 2.08. The molecule has 0 unspecified atom stereocenters. The molecule has 0 bridgehead atoms. The van der Waals surface area contributed by atoms with Gasteiger partial charge in [-0.05, 0) is 42.3 Å². The Bertz CT molecular complexity index is 671. The molecule has 0 saturated carbocycles. The largest absolute Gasteiger partial charge is 0.496 e. The molecule has 0 radical (unpaired) electrons. The molecule has 3 N–H and O–H groups in total. The first-order chi connectivity index (χ1) is 10.0. The highest BCUT2D eigenvalue weighted by Crippen LogP contribution is 2.22. The van der Waals surface area contributed by atoms with E-state index in [-0.39, 0.29) is 0 Å². The maximum Gasteiger partial charge on any atom is 0.250 e. The molecule has 2 aromatic rings. The van der Waals surface area contributed by atoms with E-state index in [1.54, 1.807) is 25.3 Å². The Labute approximate surface area is 128 Å². The van der Waals surface area contributed by atoms with Gasteiger partial charge >= 0.3 is 0 Å². The molecule has 5 heteroatoms. The average Bonchev–Trinajstić information content (AvgIpc) is 2.45. The van der Waals surface area contributed by atoms with Gasteiger partial charge in [0.2, 0.25) is 5.91 Å². The zero-order chi connectivity index (χ0) is 15.4. The number of anilines is 1. The Kier molecular flexibility index (Phi) is 4.70. The molecule has 0 heterocycles. The van der Waals surface area contributed by atoms with Crippen molar-refractivity contribution in [2.75, 3.05) is 12.4 Å². The van der Waals surface area contributed by atoms with E-state index in [1.807, 2.05) is 19.1 Å². The Balaban J connectivity index is 2.08. The van der Waals surface area contributed by atoms with Crippen LogP contribution >= 0.6 is 11.6 Å². The van der Waals surface area contributed by atoms with Crippen molar-refractivity contribution in [3.8, 4) is 5.75 Å². The highest BCUT2D eigenvalue weighted by atomic mass is 35.5. The van der Waals surface area contributed by atoms with Crippen molar-refractivity contribution < 1.29 is 9.53 Å². The van der Waals surface area contributed by atoms with Crippen LogP contribution in [-0.2, 0) is 6.54 Å². The maximum atomic E-state index is 11.1. The molecule has 0 aliphatic rings. The van der Waals surface area contributed by atoms with Gasteiger partial charge in [0.15, 0.2) is 0 Å². The Morgan fingerprint density at radius 1 is 1.29 bits per heavy atom. The SMILES string of the molecule is COc1ccc(CNc2ccc(C(N)=O)c(Cl)c2)cc1C. The number of halogens is 1. The molecule has 0 spiro atoms. The van der Waals surface area contributed by atoms with Crippen molar-refractivity contribution in [3.63, 3.8) is 0 Å². The summed E-state index contributed by atoms with van der Waals surface area (Å²) in [5.41, 5.74) is 8.58. The number of nitrogens with one attached hydrogen (secondary N) is 1. The summed E-state index contributed by atoms with van der Waals surface area (Å²) in [6.45, 7) is 2.65. The molecule has 110 valence electrons. The zero-order valence-corrected chi connectivity index (χ0v) is 12.7. The Hall–Kier alpha value is -2.20. The molecule has 2 rings (SSSR count). The molecular weight excluding hydrogens is 288 g/mol. The minimum Gasteiger partial charge on any atom is -0.496 e. The first-order valence-corrected chi connectivity index (χ1v) is 6.86. The van der Waals surface area contributed by atoms with Crippen molar-refractivity contribution in [3.05, 3.63) is 58.1 Å². The number of primary amides is 1. The summed E-state index contributed by atoms with van der Waals surface area (Å²) >= 11 is 6.01.